The number of urea groups is 1. The van der Waals surface area contributed by atoms with E-state index in [1.54, 1.807) is 23.7 Å². The Balaban J connectivity index is 1.54. The van der Waals surface area contributed by atoms with Gasteiger partial charge in [0.2, 0.25) is 5.95 Å². The highest BCUT2D eigenvalue weighted by molar-refractivity contribution is 7.12. The van der Waals surface area contributed by atoms with Crippen molar-refractivity contribution in [2.75, 3.05) is 31.1 Å². The summed E-state index contributed by atoms with van der Waals surface area (Å²) in [5.41, 5.74) is 1.21. The summed E-state index contributed by atoms with van der Waals surface area (Å²) in [5, 5.41) is 3.12. The Labute approximate surface area is 146 Å². The second-order valence-electron chi connectivity index (χ2n) is 6.06. The molecule has 0 aromatic carbocycles. The molecule has 1 fully saturated rings. The van der Waals surface area contributed by atoms with Gasteiger partial charge in [0, 0.05) is 48.3 Å². The minimum atomic E-state index is -0.000571. The fraction of sp³-hybridized carbons (Fsp3) is 0.471. The topological polar surface area (TPSA) is 61.4 Å². The van der Waals surface area contributed by atoms with Crippen LogP contribution in [0.5, 0.6) is 0 Å². The zero-order valence-corrected chi connectivity index (χ0v) is 15.1. The minimum absolute atomic E-state index is 0.000571. The summed E-state index contributed by atoms with van der Waals surface area (Å²) in [4.78, 5) is 27.6. The van der Waals surface area contributed by atoms with Crippen LogP contribution in [0.2, 0.25) is 0 Å². The molecule has 24 heavy (non-hydrogen) atoms. The molecule has 128 valence electrons. The van der Waals surface area contributed by atoms with Crippen molar-refractivity contribution in [3.63, 3.8) is 0 Å². The van der Waals surface area contributed by atoms with E-state index < -0.39 is 0 Å². The Morgan fingerprint density at radius 3 is 2.46 bits per heavy atom. The van der Waals surface area contributed by atoms with Gasteiger partial charge in [-0.1, -0.05) is 0 Å². The van der Waals surface area contributed by atoms with Crippen molar-refractivity contribution in [1.29, 1.82) is 0 Å². The molecule has 1 aliphatic rings. The fourth-order valence-corrected chi connectivity index (χ4v) is 4.02. The number of carbonyl (C=O) groups excluding carboxylic acids is 1. The monoisotopic (exact) mass is 345 g/mol. The summed E-state index contributed by atoms with van der Waals surface area (Å²) in [6.45, 7) is 9.11. The van der Waals surface area contributed by atoms with E-state index in [1.807, 2.05) is 17.9 Å². The van der Waals surface area contributed by atoms with Crippen LogP contribution in [0.4, 0.5) is 10.7 Å². The molecule has 3 rings (SSSR count). The van der Waals surface area contributed by atoms with Crippen molar-refractivity contribution >= 4 is 23.3 Å². The van der Waals surface area contributed by atoms with Crippen molar-refractivity contribution in [3.05, 3.63) is 39.8 Å². The first kappa shape index (κ1) is 16.7. The molecule has 3 heterocycles. The number of thiophene rings is 1. The standard InChI is InChI=1S/C17H23N5OS/c1-12-11-15(14(3)24-12)13(2)20-17(23)22-9-7-21(8-10-22)16-18-5-4-6-19-16/h4-6,11,13H,7-10H2,1-3H3,(H,20,23). The molecule has 1 atom stereocenters. The summed E-state index contributed by atoms with van der Waals surface area (Å²) < 4.78 is 0. The number of nitrogens with one attached hydrogen (secondary N) is 1. The molecule has 1 N–H and O–H groups in total. The van der Waals surface area contributed by atoms with Crippen LogP contribution in [0.3, 0.4) is 0 Å². The average molecular weight is 345 g/mol. The predicted octanol–water partition coefficient (Wildman–Crippen LogP) is 2.75. The molecule has 6 nitrogen and oxygen atoms in total. The average Bonchev–Trinajstić information content (AvgIpc) is 2.94. The highest BCUT2D eigenvalue weighted by Crippen LogP contribution is 2.26. The number of anilines is 1. The van der Waals surface area contributed by atoms with Crippen molar-refractivity contribution in [2.45, 2.75) is 26.8 Å². The lowest BCUT2D eigenvalue weighted by molar-refractivity contribution is 0.191. The third-order valence-electron chi connectivity index (χ3n) is 4.29. The number of carbonyl (C=O) groups is 1. The molecule has 0 radical (unpaired) electrons. The lowest BCUT2D eigenvalue weighted by atomic mass is 10.1. The summed E-state index contributed by atoms with van der Waals surface area (Å²) in [5.74, 6) is 0.732. The Morgan fingerprint density at radius 2 is 1.88 bits per heavy atom. The number of hydrogen-bond donors (Lipinski definition) is 1. The van der Waals surface area contributed by atoms with E-state index in [4.69, 9.17) is 0 Å². The molecule has 0 saturated carbocycles. The maximum atomic E-state index is 12.5. The molecule has 1 unspecified atom stereocenters. The van der Waals surface area contributed by atoms with Crippen LogP contribution >= 0.6 is 11.3 Å². The maximum absolute atomic E-state index is 12.5. The third kappa shape index (κ3) is 3.67. The first-order valence-corrected chi connectivity index (χ1v) is 9.00. The lowest BCUT2D eigenvalue weighted by Gasteiger charge is -2.35. The lowest BCUT2D eigenvalue weighted by Crippen LogP contribution is -2.52. The van der Waals surface area contributed by atoms with Gasteiger partial charge in [-0.15, -0.1) is 11.3 Å². The molecule has 2 aromatic heterocycles. The van der Waals surface area contributed by atoms with Crippen molar-refractivity contribution in [2.24, 2.45) is 0 Å². The van der Waals surface area contributed by atoms with Gasteiger partial charge in [0.05, 0.1) is 6.04 Å². The van der Waals surface area contributed by atoms with Gasteiger partial charge >= 0.3 is 6.03 Å². The number of piperazine rings is 1. The van der Waals surface area contributed by atoms with Crippen LogP contribution in [-0.2, 0) is 0 Å². The third-order valence-corrected chi connectivity index (χ3v) is 5.27. The van der Waals surface area contributed by atoms with Gasteiger partial charge in [-0.05, 0) is 38.5 Å². The SMILES string of the molecule is Cc1cc(C(C)NC(=O)N2CCN(c3ncccn3)CC2)c(C)s1. The Bertz CT molecular complexity index is 694. The van der Waals surface area contributed by atoms with Gasteiger partial charge in [0.15, 0.2) is 0 Å². The molecule has 1 aliphatic heterocycles. The summed E-state index contributed by atoms with van der Waals surface area (Å²) in [6.07, 6.45) is 3.49. The van der Waals surface area contributed by atoms with Gasteiger partial charge in [0.25, 0.3) is 0 Å². The Morgan fingerprint density at radius 1 is 1.21 bits per heavy atom. The van der Waals surface area contributed by atoms with E-state index in [0.717, 1.165) is 19.0 Å². The van der Waals surface area contributed by atoms with Crippen LogP contribution in [0.15, 0.2) is 24.5 Å². The van der Waals surface area contributed by atoms with E-state index in [0.29, 0.717) is 13.1 Å². The molecule has 2 amide bonds. The second-order valence-corrected chi connectivity index (χ2v) is 7.52. The molecule has 0 bridgehead atoms. The first-order valence-electron chi connectivity index (χ1n) is 8.19. The largest absolute Gasteiger partial charge is 0.337 e. The van der Waals surface area contributed by atoms with E-state index >= 15 is 0 Å². The first-order chi connectivity index (χ1) is 11.5. The van der Waals surface area contributed by atoms with Gasteiger partial charge in [-0.25, -0.2) is 14.8 Å². The molecule has 1 saturated heterocycles. The Hall–Kier alpha value is -2.15. The van der Waals surface area contributed by atoms with Crippen LogP contribution in [0, 0.1) is 13.8 Å². The second kappa shape index (κ2) is 7.17. The number of hydrogen-bond acceptors (Lipinski definition) is 5. The van der Waals surface area contributed by atoms with Crippen LogP contribution in [0.1, 0.15) is 28.3 Å². The molecule has 2 aromatic rings. The van der Waals surface area contributed by atoms with Crippen molar-refractivity contribution in [1.82, 2.24) is 20.2 Å². The quantitative estimate of drug-likeness (QED) is 0.929. The minimum Gasteiger partial charge on any atom is -0.337 e. The van der Waals surface area contributed by atoms with E-state index in [9.17, 15) is 4.79 Å². The summed E-state index contributed by atoms with van der Waals surface area (Å²) in [6, 6.07) is 4.00. The summed E-state index contributed by atoms with van der Waals surface area (Å²) in [7, 11) is 0. The van der Waals surface area contributed by atoms with Gasteiger partial charge in [-0.2, -0.15) is 0 Å². The predicted molar refractivity (Wildman–Crippen MR) is 96.6 cm³/mol. The number of amides is 2. The molecular weight excluding hydrogens is 322 g/mol. The molecule has 0 aliphatic carbocycles. The highest BCUT2D eigenvalue weighted by Gasteiger charge is 2.24. The number of nitrogens with zero attached hydrogens (tertiary/aromatic N) is 4. The fourth-order valence-electron chi connectivity index (χ4n) is 3.00. The highest BCUT2D eigenvalue weighted by atomic mass is 32.1. The molecular formula is C17H23N5OS. The normalized spacial score (nSPS) is 16.1. The van der Waals surface area contributed by atoms with Gasteiger partial charge in [-0.3, -0.25) is 0 Å². The van der Waals surface area contributed by atoms with Gasteiger partial charge in [0.1, 0.15) is 0 Å². The zero-order chi connectivity index (χ0) is 17.1. The van der Waals surface area contributed by atoms with E-state index in [-0.39, 0.29) is 12.1 Å². The van der Waals surface area contributed by atoms with E-state index in [2.05, 4.69) is 40.1 Å². The van der Waals surface area contributed by atoms with Crippen LogP contribution in [-0.4, -0.2) is 47.1 Å². The van der Waals surface area contributed by atoms with Gasteiger partial charge < -0.3 is 15.1 Å². The zero-order valence-electron chi connectivity index (χ0n) is 14.3. The number of aryl methyl sites for hydroxylation is 2. The molecule has 7 heteroatoms. The van der Waals surface area contributed by atoms with E-state index in [1.165, 1.54) is 15.3 Å². The smallest absolute Gasteiger partial charge is 0.317 e. The Kier molecular flexibility index (Phi) is 4.99. The summed E-state index contributed by atoms with van der Waals surface area (Å²) >= 11 is 1.77. The number of rotatable bonds is 3. The van der Waals surface area contributed by atoms with Crippen molar-refractivity contribution < 1.29 is 4.79 Å². The maximum Gasteiger partial charge on any atom is 0.317 e. The van der Waals surface area contributed by atoms with Crippen LogP contribution in [0.25, 0.3) is 0 Å². The molecule has 0 spiro atoms. The van der Waals surface area contributed by atoms with Crippen LogP contribution < -0.4 is 10.2 Å². The number of aromatic nitrogens is 2. The van der Waals surface area contributed by atoms with Crippen molar-refractivity contribution in [3.8, 4) is 0 Å².